The zero-order chi connectivity index (χ0) is 20.8. The Hall–Kier alpha value is -3.20. The van der Waals surface area contributed by atoms with Crippen molar-refractivity contribution < 1.29 is 14.3 Å². The standard InChI is InChI=1S/C20H23N5O3S/c1-13(2)28-15-8-6-7-14(11-15)19-23-24-20(25(19)21)29-12-18(26)22-16-9-4-5-10-17(16)27-3/h4-11,13H,12,21H2,1-3H3,(H,22,26). The number of aromatic nitrogens is 3. The molecular weight excluding hydrogens is 390 g/mol. The molecule has 29 heavy (non-hydrogen) atoms. The van der Waals surface area contributed by atoms with Crippen molar-refractivity contribution in [2.24, 2.45) is 0 Å². The number of carbonyl (C=O) groups excluding carboxylic acids is 1. The molecule has 1 heterocycles. The minimum atomic E-state index is -0.198. The molecule has 0 aliphatic heterocycles. The van der Waals surface area contributed by atoms with E-state index >= 15 is 0 Å². The van der Waals surface area contributed by atoms with Gasteiger partial charge in [-0.3, -0.25) is 4.79 Å². The number of carbonyl (C=O) groups is 1. The molecule has 1 amide bonds. The van der Waals surface area contributed by atoms with E-state index in [-0.39, 0.29) is 17.8 Å². The molecule has 3 aromatic rings. The van der Waals surface area contributed by atoms with Crippen LogP contribution >= 0.6 is 11.8 Å². The molecule has 0 fully saturated rings. The monoisotopic (exact) mass is 413 g/mol. The van der Waals surface area contributed by atoms with E-state index in [9.17, 15) is 4.79 Å². The number of para-hydroxylation sites is 2. The van der Waals surface area contributed by atoms with Crippen LogP contribution < -0.4 is 20.6 Å². The van der Waals surface area contributed by atoms with Gasteiger partial charge in [0.1, 0.15) is 11.5 Å². The summed E-state index contributed by atoms with van der Waals surface area (Å²) in [5, 5.41) is 11.5. The number of hydrogen-bond donors (Lipinski definition) is 2. The lowest BCUT2D eigenvalue weighted by molar-refractivity contribution is -0.113. The molecule has 0 atom stereocenters. The predicted octanol–water partition coefficient (Wildman–Crippen LogP) is 3.19. The number of benzene rings is 2. The third-order valence-electron chi connectivity index (χ3n) is 3.84. The Labute approximate surface area is 173 Å². The molecule has 3 N–H and O–H groups in total. The number of nitrogen functional groups attached to an aromatic ring is 1. The second-order valence-electron chi connectivity index (χ2n) is 6.41. The molecule has 3 rings (SSSR count). The first-order chi connectivity index (χ1) is 14.0. The molecule has 0 spiro atoms. The lowest BCUT2D eigenvalue weighted by Gasteiger charge is -2.11. The highest BCUT2D eigenvalue weighted by Crippen LogP contribution is 2.26. The van der Waals surface area contributed by atoms with Gasteiger partial charge in [0.2, 0.25) is 11.1 Å². The third-order valence-corrected chi connectivity index (χ3v) is 4.79. The smallest absolute Gasteiger partial charge is 0.234 e. The van der Waals surface area contributed by atoms with Gasteiger partial charge in [-0.2, -0.15) is 0 Å². The summed E-state index contributed by atoms with van der Waals surface area (Å²) in [6.07, 6.45) is 0.0638. The number of methoxy groups -OCH3 is 1. The Morgan fingerprint density at radius 3 is 2.76 bits per heavy atom. The highest BCUT2D eigenvalue weighted by Gasteiger charge is 2.15. The van der Waals surface area contributed by atoms with Gasteiger partial charge in [-0.15, -0.1) is 10.2 Å². The topological polar surface area (TPSA) is 104 Å². The second-order valence-corrected chi connectivity index (χ2v) is 7.35. The molecule has 9 heteroatoms. The van der Waals surface area contributed by atoms with Gasteiger partial charge >= 0.3 is 0 Å². The number of anilines is 1. The first kappa shape index (κ1) is 20.5. The molecule has 2 aromatic carbocycles. The van der Waals surface area contributed by atoms with E-state index in [1.165, 1.54) is 16.4 Å². The van der Waals surface area contributed by atoms with Crippen molar-refractivity contribution in [1.29, 1.82) is 0 Å². The average Bonchev–Trinajstić information content (AvgIpc) is 3.07. The molecule has 0 aliphatic rings. The number of nitrogens with two attached hydrogens (primary N) is 1. The second kappa shape index (κ2) is 9.33. The SMILES string of the molecule is COc1ccccc1NC(=O)CSc1nnc(-c2cccc(OC(C)C)c2)n1N. The largest absolute Gasteiger partial charge is 0.495 e. The van der Waals surface area contributed by atoms with Crippen LogP contribution in [0.1, 0.15) is 13.8 Å². The van der Waals surface area contributed by atoms with E-state index in [1.54, 1.807) is 19.2 Å². The maximum Gasteiger partial charge on any atom is 0.234 e. The van der Waals surface area contributed by atoms with E-state index in [4.69, 9.17) is 15.3 Å². The number of amides is 1. The first-order valence-corrected chi connectivity index (χ1v) is 9.99. The van der Waals surface area contributed by atoms with Crippen LogP contribution in [0.4, 0.5) is 5.69 Å². The van der Waals surface area contributed by atoms with Crippen molar-refractivity contribution in [3.63, 3.8) is 0 Å². The van der Waals surface area contributed by atoms with Crippen LogP contribution in [0.3, 0.4) is 0 Å². The lowest BCUT2D eigenvalue weighted by atomic mass is 10.2. The minimum absolute atomic E-state index is 0.0638. The average molecular weight is 414 g/mol. The molecule has 152 valence electrons. The molecule has 0 bridgehead atoms. The number of thioether (sulfide) groups is 1. The molecule has 0 saturated carbocycles. The normalized spacial score (nSPS) is 10.8. The summed E-state index contributed by atoms with van der Waals surface area (Å²) in [6.45, 7) is 3.92. The highest BCUT2D eigenvalue weighted by molar-refractivity contribution is 7.99. The third kappa shape index (κ3) is 5.20. The summed E-state index contributed by atoms with van der Waals surface area (Å²) in [5.41, 5.74) is 1.39. The summed E-state index contributed by atoms with van der Waals surface area (Å²) in [6, 6.07) is 14.7. The van der Waals surface area contributed by atoms with E-state index < -0.39 is 0 Å². The van der Waals surface area contributed by atoms with Gasteiger partial charge in [-0.25, -0.2) is 4.68 Å². The molecule has 1 aromatic heterocycles. The summed E-state index contributed by atoms with van der Waals surface area (Å²) in [5.74, 6) is 7.90. The van der Waals surface area contributed by atoms with Crippen molar-refractivity contribution >= 4 is 23.4 Å². The summed E-state index contributed by atoms with van der Waals surface area (Å²) in [4.78, 5) is 12.3. The molecular formula is C20H23N5O3S. The Balaban J connectivity index is 1.66. The highest BCUT2D eigenvalue weighted by atomic mass is 32.2. The first-order valence-electron chi connectivity index (χ1n) is 9.01. The molecule has 0 unspecified atom stereocenters. The van der Waals surface area contributed by atoms with Crippen molar-refractivity contribution in [1.82, 2.24) is 14.9 Å². The van der Waals surface area contributed by atoms with Crippen molar-refractivity contribution in [2.45, 2.75) is 25.1 Å². The quantitative estimate of drug-likeness (QED) is 0.432. The van der Waals surface area contributed by atoms with Crippen LogP contribution in [0.2, 0.25) is 0 Å². The Bertz CT molecular complexity index is 990. The maximum atomic E-state index is 12.3. The summed E-state index contributed by atoms with van der Waals surface area (Å²) >= 11 is 1.20. The molecule has 0 radical (unpaired) electrons. The zero-order valence-electron chi connectivity index (χ0n) is 16.5. The molecule has 0 aliphatic carbocycles. The Morgan fingerprint density at radius 2 is 2.00 bits per heavy atom. The maximum absolute atomic E-state index is 12.3. The number of rotatable bonds is 8. The van der Waals surface area contributed by atoms with Crippen LogP contribution in [0.25, 0.3) is 11.4 Å². The number of ether oxygens (including phenoxy) is 2. The van der Waals surface area contributed by atoms with E-state index in [1.807, 2.05) is 50.2 Å². The van der Waals surface area contributed by atoms with E-state index in [0.29, 0.717) is 22.4 Å². The van der Waals surface area contributed by atoms with Crippen LogP contribution in [-0.4, -0.2) is 39.7 Å². The van der Waals surface area contributed by atoms with Crippen molar-refractivity contribution in [2.75, 3.05) is 24.0 Å². The fourth-order valence-corrected chi connectivity index (χ4v) is 3.27. The number of nitrogens with zero attached hydrogens (tertiary/aromatic N) is 3. The summed E-state index contributed by atoms with van der Waals surface area (Å²) < 4.78 is 12.3. The van der Waals surface area contributed by atoms with E-state index in [2.05, 4.69) is 15.5 Å². The minimum Gasteiger partial charge on any atom is -0.495 e. The van der Waals surface area contributed by atoms with Gasteiger partial charge in [-0.05, 0) is 38.1 Å². The van der Waals surface area contributed by atoms with Gasteiger partial charge in [0.15, 0.2) is 5.82 Å². The fraction of sp³-hybridized carbons (Fsp3) is 0.250. The van der Waals surface area contributed by atoms with Gasteiger partial charge in [-0.1, -0.05) is 36.0 Å². The fourth-order valence-electron chi connectivity index (χ4n) is 2.62. The predicted molar refractivity (Wildman–Crippen MR) is 114 cm³/mol. The van der Waals surface area contributed by atoms with Crippen molar-refractivity contribution in [3.05, 3.63) is 48.5 Å². The van der Waals surface area contributed by atoms with Gasteiger partial charge < -0.3 is 20.6 Å². The Morgan fingerprint density at radius 1 is 1.21 bits per heavy atom. The van der Waals surface area contributed by atoms with Gasteiger partial charge in [0.25, 0.3) is 0 Å². The lowest BCUT2D eigenvalue weighted by Crippen LogP contribution is -2.16. The van der Waals surface area contributed by atoms with Crippen LogP contribution in [0.5, 0.6) is 11.5 Å². The van der Waals surface area contributed by atoms with Gasteiger partial charge in [0, 0.05) is 5.56 Å². The molecule has 0 saturated heterocycles. The van der Waals surface area contributed by atoms with Crippen molar-refractivity contribution in [3.8, 4) is 22.9 Å². The summed E-state index contributed by atoms with van der Waals surface area (Å²) in [7, 11) is 1.55. The number of nitrogens with one attached hydrogen (secondary N) is 1. The van der Waals surface area contributed by atoms with Crippen LogP contribution in [0.15, 0.2) is 53.7 Å². The van der Waals surface area contributed by atoms with E-state index in [0.717, 1.165) is 11.3 Å². The Kier molecular flexibility index (Phi) is 6.61. The number of hydrogen-bond acceptors (Lipinski definition) is 7. The zero-order valence-corrected chi connectivity index (χ0v) is 17.3. The van der Waals surface area contributed by atoms with Crippen LogP contribution in [-0.2, 0) is 4.79 Å². The van der Waals surface area contributed by atoms with Gasteiger partial charge in [0.05, 0.1) is 24.7 Å². The van der Waals surface area contributed by atoms with Crippen LogP contribution in [0, 0.1) is 0 Å². The molecule has 8 nitrogen and oxygen atoms in total.